The Balaban J connectivity index is 3.04. The van der Waals surface area contributed by atoms with E-state index >= 15 is 0 Å². The number of rotatable bonds is 6. The lowest BCUT2D eigenvalue weighted by Crippen LogP contribution is -2.39. The van der Waals surface area contributed by atoms with Crippen LogP contribution < -0.4 is 16.4 Å². The van der Waals surface area contributed by atoms with Crippen LogP contribution in [0, 0.1) is 6.92 Å². The second kappa shape index (κ2) is 5.81. The van der Waals surface area contributed by atoms with Gasteiger partial charge in [-0.2, -0.15) is 0 Å². The van der Waals surface area contributed by atoms with Crippen LogP contribution in [0.25, 0.3) is 0 Å². The minimum absolute atomic E-state index is 0.108. The van der Waals surface area contributed by atoms with Crippen LogP contribution in [-0.2, 0) is 9.59 Å². The number of carbonyl (C=O) groups is 3. The monoisotopic (exact) mass is 249 g/mol. The Morgan fingerprint density at radius 2 is 1.78 bits per heavy atom. The second-order valence-electron chi connectivity index (χ2n) is 3.95. The average Bonchev–Trinajstić information content (AvgIpc) is 2.26. The summed E-state index contributed by atoms with van der Waals surface area (Å²) in [6.45, 7) is 1.55. The summed E-state index contributed by atoms with van der Waals surface area (Å²) in [5.41, 5.74) is 12.1. The summed E-state index contributed by atoms with van der Waals surface area (Å²) in [5.74, 6) is -1.12. The first-order valence-electron chi connectivity index (χ1n) is 5.31. The van der Waals surface area contributed by atoms with Gasteiger partial charge in [-0.3, -0.25) is 14.4 Å². The Morgan fingerprint density at radius 1 is 1.22 bits per heavy atom. The normalized spacial score (nSPS) is 9.83. The first-order valence-corrected chi connectivity index (χ1v) is 5.31. The average molecular weight is 249 g/mol. The molecule has 0 saturated heterocycles. The van der Waals surface area contributed by atoms with E-state index < -0.39 is 11.8 Å². The molecule has 1 aromatic rings. The van der Waals surface area contributed by atoms with E-state index in [1.807, 2.05) is 0 Å². The van der Waals surface area contributed by atoms with E-state index in [4.69, 9.17) is 11.5 Å². The van der Waals surface area contributed by atoms with Crippen molar-refractivity contribution >= 4 is 23.8 Å². The zero-order chi connectivity index (χ0) is 13.7. The number of hydrogen-bond acceptors (Lipinski definition) is 4. The molecule has 2 amide bonds. The van der Waals surface area contributed by atoms with Gasteiger partial charge in [0.1, 0.15) is 6.29 Å². The molecule has 0 aliphatic carbocycles. The van der Waals surface area contributed by atoms with Crippen molar-refractivity contribution in [3.63, 3.8) is 0 Å². The standard InChI is InChI=1S/C12H15N3O3/c1-8-4-10(3-2-9(8)7-16)15(5-11(13)17)6-12(14)18/h2-4,7H,5-6H2,1H3,(H2,13,17)(H2,14,18). The molecule has 6 nitrogen and oxygen atoms in total. The molecule has 0 fully saturated rings. The van der Waals surface area contributed by atoms with Crippen molar-refractivity contribution in [2.24, 2.45) is 11.5 Å². The van der Waals surface area contributed by atoms with Gasteiger partial charge in [0.2, 0.25) is 11.8 Å². The molecule has 0 aliphatic rings. The summed E-state index contributed by atoms with van der Waals surface area (Å²) in [7, 11) is 0. The number of anilines is 1. The fourth-order valence-corrected chi connectivity index (χ4v) is 1.60. The Hall–Kier alpha value is -2.37. The van der Waals surface area contributed by atoms with Crippen LogP contribution in [0.1, 0.15) is 15.9 Å². The molecule has 1 aromatic carbocycles. The van der Waals surface area contributed by atoms with Crippen molar-refractivity contribution in [1.29, 1.82) is 0 Å². The highest BCUT2D eigenvalue weighted by Gasteiger charge is 2.13. The third kappa shape index (κ3) is 3.58. The number of carbonyl (C=O) groups excluding carboxylic acids is 3. The predicted octanol–water partition coefficient (Wildman–Crippen LogP) is -0.415. The highest BCUT2D eigenvalue weighted by Crippen LogP contribution is 2.18. The van der Waals surface area contributed by atoms with E-state index in [9.17, 15) is 14.4 Å². The molecule has 4 N–H and O–H groups in total. The van der Waals surface area contributed by atoms with E-state index in [2.05, 4.69) is 0 Å². The van der Waals surface area contributed by atoms with Crippen LogP contribution in [-0.4, -0.2) is 31.2 Å². The molecule has 1 rings (SSSR count). The number of amides is 2. The van der Waals surface area contributed by atoms with Crippen LogP contribution in [0.5, 0.6) is 0 Å². The number of aryl methyl sites for hydroxylation is 1. The van der Waals surface area contributed by atoms with E-state index in [-0.39, 0.29) is 13.1 Å². The molecule has 0 heterocycles. The topological polar surface area (TPSA) is 106 Å². The molecule has 0 spiro atoms. The SMILES string of the molecule is Cc1cc(N(CC(N)=O)CC(N)=O)ccc1C=O. The van der Waals surface area contributed by atoms with Crippen molar-refractivity contribution in [3.05, 3.63) is 29.3 Å². The van der Waals surface area contributed by atoms with Gasteiger partial charge in [-0.15, -0.1) is 0 Å². The van der Waals surface area contributed by atoms with Gasteiger partial charge in [-0.25, -0.2) is 0 Å². The summed E-state index contributed by atoms with van der Waals surface area (Å²) in [5, 5.41) is 0. The quantitative estimate of drug-likeness (QED) is 0.668. The number of primary amides is 2. The van der Waals surface area contributed by atoms with Crippen molar-refractivity contribution < 1.29 is 14.4 Å². The molecule has 96 valence electrons. The Bertz CT molecular complexity index is 469. The molecular formula is C12H15N3O3. The molecule has 0 atom stereocenters. The molecule has 0 radical (unpaired) electrons. The Labute approximate surface area is 105 Å². The van der Waals surface area contributed by atoms with E-state index in [1.165, 1.54) is 4.90 Å². The van der Waals surface area contributed by atoms with Gasteiger partial charge >= 0.3 is 0 Å². The number of nitrogens with zero attached hydrogens (tertiary/aromatic N) is 1. The fraction of sp³-hybridized carbons (Fsp3) is 0.250. The van der Waals surface area contributed by atoms with Crippen molar-refractivity contribution in [3.8, 4) is 0 Å². The molecule has 18 heavy (non-hydrogen) atoms. The van der Waals surface area contributed by atoms with Crippen LogP contribution >= 0.6 is 0 Å². The van der Waals surface area contributed by atoms with E-state index in [0.717, 1.165) is 11.8 Å². The van der Waals surface area contributed by atoms with Crippen LogP contribution in [0.3, 0.4) is 0 Å². The van der Waals surface area contributed by atoms with Gasteiger partial charge in [0.25, 0.3) is 0 Å². The number of aldehydes is 1. The minimum atomic E-state index is -0.562. The highest BCUT2D eigenvalue weighted by molar-refractivity contribution is 5.85. The lowest BCUT2D eigenvalue weighted by molar-refractivity contribution is -0.117. The predicted molar refractivity (Wildman–Crippen MR) is 67.2 cm³/mol. The maximum Gasteiger partial charge on any atom is 0.236 e. The van der Waals surface area contributed by atoms with Crippen molar-refractivity contribution in [2.45, 2.75) is 6.92 Å². The highest BCUT2D eigenvalue weighted by atomic mass is 16.2. The molecule has 0 saturated carbocycles. The van der Waals surface area contributed by atoms with Gasteiger partial charge in [-0.05, 0) is 30.7 Å². The van der Waals surface area contributed by atoms with E-state index in [1.54, 1.807) is 25.1 Å². The van der Waals surface area contributed by atoms with Crippen molar-refractivity contribution in [1.82, 2.24) is 0 Å². The summed E-state index contributed by atoms with van der Waals surface area (Å²) in [6.07, 6.45) is 0.742. The molecule has 0 bridgehead atoms. The second-order valence-corrected chi connectivity index (χ2v) is 3.95. The summed E-state index contributed by atoms with van der Waals surface area (Å²) < 4.78 is 0. The number of hydrogen-bond donors (Lipinski definition) is 2. The maximum atomic E-state index is 10.9. The smallest absolute Gasteiger partial charge is 0.236 e. The van der Waals surface area contributed by atoms with Gasteiger partial charge in [0.15, 0.2) is 0 Å². The lowest BCUT2D eigenvalue weighted by Gasteiger charge is -2.22. The molecule has 0 aromatic heterocycles. The minimum Gasteiger partial charge on any atom is -0.368 e. The van der Waals surface area contributed by atoms with Crippen LogP contribution in [0.2, 0.25) is 0 Å². The first-order chi connectivity index (χ1) is 8.43. The van der Waals surface area contributed by atoms with Crippen LogP contribution in [0.4, 0.5) is 5.69 Å². The number of nitrogens with two attached hydrogens (primary N) is 2. The molecule has 0 unspecified atom stereocenters. The van der Waals surface area contributed by atoms with Crippen LogP contribution in [0.15, 0.2) is 18.2 Å². The van der Waals surface area contributed by atoms with E-state index in [0.29, 0.717) is 11.3 Å². The van der Waals surface area contributed by atoms with Gasteiger partial charge in [-0.1, -0.05) is 0 Å². The number of benzene rings is 1. The molecule has 0 aliphatic heterocycles. The maximum absolute atomic E-state index is 10.9. The Morgan fingerprint density at radius 3 is 2.17 bits per heavy atom. The third-order valence-corrected chi connectivity index (χ3v) is 2.44. The van der Waals surface area contributed by atoms with Gasteiger partial charge in [0.05, 0.1) is 13.1 Å². The summed E-state index contributed by atoms with van der Waals surface area (Å²) >= 11 is 0. The fourth-order valence-electron chi connectivity index (χ4n) is 1.60. The van der Waals surface area contributed by atoms with Gasteiger partial charge in [0, 0.05) is 11.3 Å². The Kier molecular flexibility index (Phi) is 4.42. The first kappa shape index (κ1) is 13.7. The molecular weight excluding hydrogens is 234 g/mol. The third-order valence-electron chi connectivity index (χ3n) is 2.44. The molecule has 6 heteroatoms. The zero-order valence-corrected chi connectivity index (χ0v) is 10.1. The largest absolute Gasteiger partial charge is 0.368 e. The van der Waals surface area contributed by atoms with Crippen molar-refractivity contribution in [2.75, 3.05) is 18.0 Å². The van der Waals surface area contributed by atoms with Gasteiger partial charge < -0.3 is 16.4 Å². The lowest BCUT2D eigenvalue weighted by atomic mass is 10.1. The summed E-state index contributed by atoms with van der Waals surface area (Å²) in [4.78, 5) is 34.1. The zero-order valence-electron chi connectivity index (χ0n) is 10.1. The summed E-state index contributed by atoms with van der Waals surface area (Å²) in [6, 6.07) is 4.96.